The molecule has 0 atom stereocenters. The van der Waals surface area contributed by atoms with E-state index in [0.29, 0.717) is 0 Å². The number of hydrazine groups is 1. The lowest BCUT2D eigenvalue weighted by atomic mass is 10.2. The highest BCUT2D eigenvalue weighted by molar-refractivity contribution is 5.94. The zero-order chi connectivity index (χ0) is 10.9. The number of hydrogen-bond acceptors (Lipinski definition) is 2. The second kappa shape index (κ2) is 3.62. The summed E-state index contributed by atoms with van der Waals surface area (Å²) in [4.78, 5) is 10.7. The van der Waals surface area contributed by atoms with Crippen molar-refractivity contribution < 1.29 is 22.4 Å². The van der Waals surface area contributed by atoms with E-state index in [1.54, 1.807) is 0 Å². The third-order valence-corrected chi connectivity index (χ3v) is 1.48. The Morgan fingerprint density at radius 1 is 1.14 bits per heavy atom. The van der Waals surface area contributed by atoms with Crippen molar-refractivity contribution in [2.75, 3.05) is 0 Å². The van der Waals surface area contributed by atoms with Gasteiger partial charge in [-0.25, -0.2) is 23.4 Å². The summed E-state index contributed by atoms with van der Waals surface area (Å²) in [6, 6.07) is 0.218. The summed E-state index contributed by atoms with van der Waals surface area (Å²) in [5, 5.41) is 0. The third kappa shape index (κ3) is 1.53. The molecule has 1 rings (SSSR count). The van der Waals surface area contributed by atoms with E-state index in [0.717, 1.165) is 0 Å². The summed E-state index contributed by atoms with van der Waals surface area (Å²) in [6.07, 6.45) is 0. The van der Waals surface area contributed by atoms with Crippen molar-refractivity contribution in [1.82, 2.24) is 5.43 Å². The van der Waals surface area contributed by atoms with Gasteiger partial charge >= 0.3 is 0 Å². The predicted molar refractivity (Wildman–Crippen MR) is 37.9 cm³/mol. The number of halogens is 4. The van der Waals surface area contributed by atoms with E-state index < -0.39 is 34.7 Å². The van der Waals surface area contributed by atoms with E-state index in [-0.39, 0.29) is 6.07 Å². The lowest BCUT2D eigenvalue weighted by Crippen LogP contribution is -2.31. The maximum atomic E-state index is 12.8. The number of carbonyl (C=O) groups is 1. The molecule has 1 aromatic carbocycles. The van der Waals surface area contributed by atoms with Gasteiger partial charge in [-0.15, -0.1) is 0 Å². The smallest absolute Gasteiger partial charge is 0.268 e. The second-order valence-corrected chi connectivity index (χ2v) is 2.32. The highest BCUT2D eigenvalue weighted by atomic mass is 19.2. The lowest BCUT2D eigenvalue weighted by molar-refractivity contribution is 0.0947. The molecule has 0 saturated heterocycles. The van der Waals surface area contributed by atoms with Gasteiger partial charge in [0, 0.05) is 0 Å². The molecule has 0 aliphatic heterocycles. The standard InChI is InChI=1S/C7H4F4N2O/c8-3-1-2(7(14)13-12)4(9)6(11)5(3)10/h1H,12H2,(H,13,14). The number of carbonyl (C=O) groups excluding carboxylic acids is 1. The quantitative estimate of drug-likeness (QED) is 0.179. The number of nitrogens with two attached hydrogens (primary N) is 1. The number of amides is 1. The Balaban J connectivity index is 3.40. The van der Waals surface area contributed by atoms with Gasteiger partial charge in [0.25, 0.3) is 5.91 Å². The van der Waals surface area contributed by atoms with E-state index >= 15 is 0 Å². The summed E-state index contributed by atoms with van der Waals surface area (Å²) in [7, 11) is 0. The monoisotopic (exact) mass is 208 g/mol. The third-order valence-electron chi connectivity index (χ3n) is 1.48. The average Bonchev–Trinajstić information content (AvgIpc) is 2.19. The van der Waals surface area contributed by atoms with Crippen LogP contribution >= 0.6 is 0 Å². The fourth-order valence-electron chi connectivity index (χ4n) is 0.816. The Hall–Kier alpha value is -1.63. The van der Waals surface area contributed by atoms with Gasteiger partial charge in [-0.1, -0.05) is 0 Å². The highest BCUT2D eigenvalue weighted by Gasteiger charge is 2.22. The summed E-state index contributed by atoms with van der Waals surface area (Å²) in [5.41, 5.74) is 0.465. The molecule has 0 heterocycles. The Bertz CT molecular complexity index is 394. The van der Waals surface area contributed by atoms with Gasteiger partial charge in [0.2, 0.25) is 0 Å². The second-order valence-electron chi connectivity index (χ2n) is 2.32. The van der Waals surface area contributed by atoms with Crippen molar-refractivity contribution in [2.24, 2.45) is 5.84 Å². The highest BCUT2D eigenvalue weighted by Crippen LogP contribution is 2.18. The molecule has 76 valence electrons. The molecule has 0 saturated carbocycles. The van der Waals surface area contributed by atoms with E-state index in [9.17, 15) is 22.4 Å². The molecule has 0 fully saturated rings. The Labute approximate surface area is 75.5 Å². The number of benzene rings is 1. The minimum absolute atomic E-state index is 0.218. The number of hydrogen-bond donors (Lipinski definition) is 2. The molecule has 0 radical (unpaired) electrons. The molecular weight excluding hydrogens is 204 g/mol. The fourth-order valence-corrected chi connectivity index (χ4v) is 0.816. The molecule has 14 heavy (non-hydrogen) atoms. The van der Waals surface area contributed by atoms with Crippen molar-refractivity contribution in [2.45, 2.75) is 0 Å². The van der Waals surface area contributed by atoms with Crippen molar-refractivity contribution in [3.05, 3.63) is 34.9 Å². The van der Waals surface area contributed by atoms with E-state index in [1.165, 1.54) is 5.43 Å². The molecule has 0 bridgehead atoms. The normalized spacial score (nSPS) is 10.1. The molecule has 1 amide bonds. The van der Waals surface area contributed by atoms with E-state index in [2.05, 4.69) is 5.84 Å². The zero-order valence-electron chi connectivity index (χ0n) is 6.57. The van der Waals surface area contributed by atoms with Crippen LogP contribution in [0.25, 0.3) is 0 Å². The van der Waals surface area contributed by atoms with Crippen LogP contribution < -0.4 is 11.3 Å². The predicted octanol–water partition coefficient (Wildman–Crippen LogP) is 0.847. The Kier molecular flexibility index (Phi) is 2.70. The summed E-state index contributed by atoms with van der Waals surface area (Å²) in [5.74, 6) is -4.12. The SMILES string of the molecule is NNC(=O)c1cc(F)c(F)c(F)c1F. The molecule has 0 aromatic heterocycles. The van der Waals surface area contributed by atoms with Gasteiger partial charge in [-0.3, -0.25) is 10.2 Å². The Morgan fingerprint density at radius 2 is 1.71 bits per heavy atom. The summed E-state index contributed by atoms with van der Waals surface area (Å²) < 4.78 is 50.2. The molecular formula is C7H4F4N2O. The van der Waals surface area contributed by atoms with Crippen molar-refractivity contribution in [3.63, 3.8) is 0 Å². The lowest BCUT2D eigenvalue weighted by Gasteiger charge is -2.03. The molecule has 1 aromatic rings. The van der Waals surface area contributed by atoms with Crippen LogP contribution in [0.2, 0.25) is 0 Å². The molecule has 0 unspecified atom stereocenters. The Morgan fingerprint density at radius 3 is 2.21 bits per heavy atom. The van der Waals surface area contributed by atoms with Crippen LogP contribution in [0.4, 0.5) is 17.6 Å². The maximum Gasteiger partial charge on any atom is 0.268 e. The topological polar surface area (TPSA) is 55.1 Å². The average molecular weight is 208 g/mol. The van der Waals surface area contributed by atoms with Crippen LogP contribution in [0.3, 0.4) is 0 Å². The van der Waals surface area contributed by atoms with E-state index in [1.807, 2.05) is 0 Å². The summed E-state index contributed by atoms with van der Waals surface area (Å²) in [6.45, 7) is 0. The van der Waals surface area contributed by atoms with Crippen LogP contribution in [-0.2, 0) is 0 Å². The molecule has 7 heteroatoms. The van der Waals surface area contributed by atoms with Crippen LogP contribution in [0.5, 0.6) is 0 Å². The van der Waals surface area contributed by atoms with Crippen LogP contribution in [0, 0.1) is 23.3 Å². The van der Waals surface area contributed by atoms with Gasteiger partial charge in [0.15, 0.2) is 23.3 Å². The zero-order valence-corrected chi connectivity index (χ0v) is 6.57. The van der Waals surface area contributed by atoms with Crippen molar-refractivity contribution >= 4 is 5.91 Å². The van der Waals surface area contributed by atoms with Gasteiger partial charge in [0.1, 0.15) is 0 Å². The fraction of sp³-hybridized carbons (Fsp3) is 0. The van der Waals surface area contributed by atoms with Crippen molar-refractivity contribution in [3.8, 4) is 0 Å². The largest absolute Gasteiger partial charge is 0.290 e. The summed E-state index contributed by atoms with van der Waals surface area (Å²) >= 11 is 0. The van der Waals surface area contributed by atoms with Gasteiger partial charge in [-0.2, -0.15) is 0 Å². The van der Waals surface area contributed by atoms with Crippen LogP contribution in [0.1, 0.15) is 10.4 Å². The molecule has 0 aliphatic rings. The van der Waals surface area contributed by atoms with E-state index in [4.69, 9.17) is 0 Å². The molecule has 0 aliphatic carbocycles. The first-order chi connectivity index (χ1) is 6.49. The van der Waals surface area contributed by atoms with Gasteiger partial charge in [0.05, 0.1) is 5.56 Å². The molecule has 0 spiro atoms. The van der Waals surface area contributed by atoms with Gasteiger partial charge in [-0.05, 0) is 6.07 Å². The maximum absolute atomic E-state index is 12.8. The number of nitrogen functional groups attached to an aromatic ring is 1. The van der Waals surface area contributed by atoms with Crippen LogP contribution in [0.15, 0.2) is 6.07 Å². The van der Waals surface area contributed by atoms with Crippen LogP contribution in [-0.4, -0.2) is 5.91 Å². The molecule has 3 N–H and O–H groups in total. The number of rotatable bonds is 1. The minimum Gasteiger partial charge on any atom is -0.290 e. The first kappa shape index (κ1) is 10.5. The molecule has 3 nitrogen and oxygen atoms in total. The minimum atomic E-state index is -2.05. The first-order valence-electron chi connectivity index (χ1n) is 3.33. The van der Waals surface area contributed by atoms with Gasteiger partial charge < -0.3 is 0 Å². The van der Waals surface area contributed by atoms with Crippen molar-refractivity contribution in [1.29, 1.82) is 0 Å². The first-order valence-corrected chi connectivity index (χ1v) is 3.33. The number of nitrogens with one attached hydrogen (secondary N) is 1.